The SMILES string of the molecule is COc1cc(C)c(C)cc1C(=O)C(=O)N1CCOCC1. The minimum atomic E-state index is -0.521. The molecule has 2 rings (SSSR count). The van der Waals surface area contributed by atoms with Crippen molar-refractivity contribution in [1.82, 2.24) is 4.90 Å². The number of rotatable bonds is 3. The molecule has 108 valence electrons. The zero-order valence-corrected chi connectivity index (χ0v) is 12.1. The molecule has 1 aliphatic rings. The Labute approximate surface area is 118 Å². The quantitative estimate of drug-likeness (QED) is 0.618. The highest BCUT2D eigenvalue weighted by Gasteiger charge is 2.27. The number of hydrogen-bond donors (Lipinski definition) is 0. The maximum absolute atomic E-state index is 12.4. The summed E-state index contributed by atoms with van der Waals surface area (Å²) >= 11 is 0. The van der Waals surface area contributed by atoms with Gasteiger partial charge in [0.1, 0.15) is 5.75 Å². The van der Waals surface area contributed by atoms with Gasteiger partial charge in [0.2, 0.25) is 0 Å². The van der Waals surface area contributed by atoms with Crippen LogP contribution in [0.1, 0.15) is 21.5 Å². The number of carbonyl (C=O) groups is 2. The predicted octanol–water partition coefficient (Wildman–Crippen LogP) is 1.35. The average molecular weight is 277 g/mol. The molecule has 0 atom stereocenters. The third-order valence-corrected chi connectivity index (χ3v) is 3.55. The zero-order chi connectivity index (χ0) is 14.7. The first-order valence-electron chi connectivity index (χ1n) is 6.61. The fourth-order valence-corrected chi connectivity index (χ4v) is 2.16. The second-order valence-corrected chi connectivity index (χ2v) is 4.87. The molecule has 0 aromatic heterocycles. The number of methoxy groups -OCH3 is 1. The van der Waals surface area contributed by atoms with Gasteiger partial charge in [-0.15, -0.1) is 0 Å². The van der Waals surface area contributed by atoms with Crippen molar-refractivity contribution in [2.45, 2.75) is 13.8 Å². The van der Waals surface area contributed by atoms with Gasteiger partial charge >= 0.3 is 0 Å². The molecule has 5 heteroatoms. The van der Waals surface area contributed by atoms with Crippen LogP contribution in [-0.4, -0.2) is 50.0 Å². The normalized spacial score (nSPS) is 15.1. The first-order chi connectivity index (χ1) is 9.54. The molecule has 1 saturated heterocycles. The number of amides is 1. The first-order valence-corrected chi connectivity index (χ1v) is 6.61. The maximum Gasteiger partial charge on any atom is 0.295 e. The van der Waals surface area contributed by atoms with Gasteiger partial charge in [-0.25, -0.2) is 0 Å². The number of carbonyl (C=O) groups excluding carboxylic acids is 2. The van der Waals surface area contributed by atoms with Crippen molar-refractivity contribution in [3.8, 4) is 5.75 Å². The molecule has 0 aliphatic carbocycles. The summed E-state index contributed by atoms with van der Waals surface area (Å²) in [6.45, 7) is 5.71. The molecule has 0 spiro atoms. The Morgan fingerprint density at radius 3 is 2.35 bits per heavy atom. The van der Waals surface area contributed by atoms with Crippen LogP contribution in [-0.2, 0) is 9.53 Å². The number of benzene rings is 1. The monoisotopic (exact) mass is 277 g/mol. The van der Waals surface area contributed by atoms with Crippen molar-refractivity contribution >= 4 is 11.7 Å². The summed E-state index contributed by atoms with van der Waals surface area (Å²) in [4.78, 5) is 26.1. The standard InChI is InChI=1S/C15H19NO4/c1-10-8-12(13(19-3)9-11(10)2)14(17)15(18)16-4-6-20-7-5-16/h8-9H,4-7H2,1-3H3. The van der Waals surface area contributed by atoms with Crippen LogP contribution < -0.4 is 4.74 Å². The fourth-order valence-electron chi connectivity index (χ4n) is 2.16. The number of nitrogens with zero attached hydrogens (tertiary/aromatic N) is 1. The lowest BCUT2D eigenvalue weighted by atomic mass is 10.0. The number of aryl methyl sites for hydroxylation is 2. The topological polar surface area (TPSA) is 55.8 Å². The van der Waals surface area contributed by atoms with Crippen molar-refractivity contribution in [2.24, 2.45) is 0 Å². The van der Waals surface area contributed by atoms with Crippen molar-refractivity contribution in [3.63, 3.8) is 0 Å². The fraction of sp³-hybridized carbons (Fsp3) is 0.467. The Bertz CT molecular complexity index is 533. The van der Waals surface area contributed by atoms with Crippen LogP contribution in [0.15, 0.2) is 12.1 Å². The smallest absolute Gasteiger partial charge is 0.295 e. The summed E-state index contributed by atoms with van der Waals surface area (Å²) in [5.74, 6) is -0.568. The van der Waals surface area contributed by atoms with Crippen molar-refractivity contribution < 1.29 is 19.1 Å². The van der Waals surface area contributed by atoms with Crippen molar-refractivity contribution in [3.05, 3.63) is 28.8 Å². The van der Waals surface area contributed by atoms with E-state index in [1.807, 2.05) is 13.8 Å². The van der Waals surface area contributed by atoms with Gasteiger partial charge in [-0.05, 0) is 37.1 Å². The molecule has 1 heterocycles. The van der Waals surface area contributed by atoms with Crippen LogP contribution in [0.25, 0.3) is 0 Å². The van der Waals surface area contributed by atoms with E-state index >= 15 is 0 Å². The Morgan fingerprint density at radius 1 is 1.15 bits per heavy atom. The summed E-state index contributed by atoms with van der Waals surface area (Å²) < 4.78 is 10.4. The molecule has 1 amide bonds. The van der Waals surface area contributed by atoms with Crippen molar-refractivity contribution in [1.29, 1.82) is 0 Å². The van der Waals surface area contributed by atoms with Gasteiger partial charge < -0.3 is 14.4 Å². The van der Waals surface area contributed by atoms with Crippen LogP contribution in [0.2, 0.25) is 0 Å². The predicted molar refractivity (Wildman–Crippen MR) is 74.2 cm³/mol. The molecule has 0 unspecified atom stereocenters. The van der Waals surface area contributed by atoms with E-state index in [4.69, 9.17) is 9.47 Å². The van der Waals surface area contributed by atoms with Gasteiger partial charge in [-0.3, -0.25) is 9.59 Å². The number of hydrogen-bond acceptors (Lipinski definition) is 4. The van der Waals surface area contributed by atoms with Crippen LogP contribution in [0, 0.1) is 13.8 Å². The molecule has 0 radical (unpaired) electrons. The second-order valence-electron chi connectivity index (χ2n) is 4.87. The summed E-state index contributed by atoms with van der Waals surface area (Å²) in [5.41, 5.74) is 2.31. The highest BCUT2D eigenvalue weighted by molar-refractivity contribution is 6.43. The van der Waals surface area contributed by atoms with Crippen LogP contribution in [0.4, 0.5) is 0 Å². The number of morpholine rings is 1. The van der Waals surface area contributed by atoms with Gasteiger partial charge in [0.15, 0.2) is 0 Å². The second kappa shape index (κ2) is 6.05. The Hall–Kier alpha value is -1.88. The van der Waals surface area contributed by atoms with Gasteiger partial charge in [0.05, 0.1) is 25.9 Å². The van der Waals surface area contributed by atoms with Gasteiger partial charge in [0, 0.05) is 13.1 Å². The molecule has 20 heavy (non-hydrogen) atoms. The molecule has 0 saturated carbocycles. The number of ether oxygens (including phenoxy) is 2. The number of ketones is 1. The Morgan fingerprint density at radius 2 is 1.75 bits per heavy atom. The van der Waals surface area contributed by atoms with Gasteiger partial charge in [-0.2, -0.15) is 0 Å². The third-order valence-electron chi connectivity index (χ3n) is 3.55. The third kappa shape index (κ3) is 2.82. The summed E-state index contributed by atoms with van der Waals surface area (Å²) in [6, 6.07) is 3.50. The maximum atomic E-state index is 12.4. The molecule has 0 N–H and O–H groups in total. The summed E-state index contributed by atoms with van der Waals surface area (Å²) in [5, 5.41) is 0. The summed E-state index contributed by atoms with van der Waals surface area (Å²) in [7, 11) is 1.50. The first kappa shape index (κ1) is 14.5. The van der Waals surface area contributed by atoms with Crippen LogP contribution >= 0.6 is 0 Å². The minimum absolute atomic E-state index is 0.326. The lowest BCUT2D eigenvalue weighted by Crippen LogP contribution is -2.44. The minimum Gasteiger partial charge on any atom is -0.496 e. The largest absolute Gasteiger partial charge is 0.496 e. The highest BCUT2D eigenvalue weighted by Crippen LogP contribution is 2.24. The van der Waals surface area contributed by atoms with E-state index in [1.165, 1.54) is 12.0 Å². The Kier molecular flexibility index (Phi) is 4.39. The molecule has 1 aliphatic heterocycles. The van der Waals surface area contributed by atoms with E-state index in [0.29, 0.717) is 37.6 Å². The summed E-state index contributed by atoms with van der Waals surface area (Å²) in [6.07, 6.45) is 0. The molecular formula is C15H19NO4. The van der Waals surface area contributed by atoms with E-state index in [0.717, 1.165) is 11.1 Å². The molecule has 5 nitrogen and oxygen atoms in total. The zero-order valence-electron chi connectivity index (χ0n) is 12.1. The molecule has 1 fully saturated rings. The van der Waals surface area contributed by atoms with Gasteiger partial charge in [-0.1, -0.05) is 0 Å². The van der Waals surface area contributed by atoms with E-state index in [1.54, 1.807) is 12.1 Å². The number of Topliss-reactive ketones (excluding diaryl/α,β-unsaturated/α-hetero) is 1. The molecule has 1 aromatic carbocycles. The van der Waals surface area contributed by atoms with E-state index in [-0.39, 0.29) is 0 Å². The molecular weight excluding hydrogens is 258 g/mol. The average Bonchev–Trinajstić information content (AvgIpc) is 2.49. The lowest BCUT2D eigenvalue weighted by molar-refractivity contribution is -0.130. The van der Waals surface area contributed by atoms with E-state index in [9.17, 15) is 9.59 Å². The van der Waals surface area contributed by atoms with Gasteiger partial charge in [0.25, 0.3) is 11.7 Å². The van der Waals surface area contributed by atoms with E-state index < -0.39 is 11.7 Å². The molecule has 0 bridgehead atoms. The van der Waals surface area contributed by atoms with Crippen LogP contribution in [0.5, 0.6) is 5.75 Å². The Balaban J connectivity index is 2.28. The highest BCUT2D eigenvalue weighted by atomic mass is 16.5. The van der Waals surface area contributed by atoms with Crippen LogP contribution in [0.3, 0.4) is 0 Å². The molecule has 1 aromatic rings. The lowest BCUT2D eigenvalue weighted by Gasteiger charge is -2.26. The van der Waals surface area contributed by atoms with E-state index in [2.05, 4.69) is 0 Å². The van der Waals surface area contributed by atoms with Crippen molar-refractivity contribution in [2.75, 3.05) is 33.4 Å².